The van der Waals surface area contributed by atoms with Gasteiger partial charge in [-0.25, -0.2) is 4.98 Å². The van der Waals surface area contributed by atoms with E-state index in [2.05, 4.69) is 46.6 Å². The van der Waals surface area contributed by atoms with Crippen molar-refractivity contribution in [2.24, 2.45) is 0 Å². The van der Waals surface area contributed by atoms with E-state index in [1.54, 1.807) is 4.90 Å². The Morgan fingerprint density at radius 2 is 1.94 bits per heavy atom. The van der Waals surface area contributed by atoms with Gasteiger partial charge in [-0.3, -0.25) is 19.7 Å². The minimum atomic E-state index is -0.596. The van der Waals surface area contributed by atoms with Crippen molar-refractivity contribution < 1.29 is 14.4 Å². The number of hydrogen-bond donors (Lipinski definition) is 3. The van der Waals surface area contributed by atoms with Gasteiger partial charge in [0.25, 0.3) is 5.91 Å². The number of aromatic nitrogens is 2. The Hall–Kier alpha value is -3.68. The number of imide groups is 1. The third kappa shape index (κ3) is 3.43. The van der Waals surface area contributed by atoms with Crippen molar-refractivity contribution in [2.45, 2.75) is 45.8 Å². The van der Waals surface area contributed by atoms with E-state index in [1.807, 2.05) is 18.2 Å². The minimum absolute atomic E-state index is 0.160. The molecule has 1 saturated heterocycles. The van der Waals surface area contributed by atoms with Crippen molar-refractivity contribution in [1.29, 1.82) is 0 Å². The summed E-state index contributed by atoms with van der Waals surface area (Å²) in [6, 6.07) is 9.27. The Labute approximate surface area is 179 Å². The van der Waals surface area contributed by atoms with Crippen LogP contribution in [0, 0.1) is 13.8 Å². The lowest BCUT2D eigenvalue weighted by atomic mass is 10.0. The number of imidazole rings is 1. The van der Waals surface area contributed by atoms with E-state index in [0.29, 0.717) is 31.0 Å². The second kappa shape index (κ2) is 7.23. The van der Waals surface area contributed by atoms with E-state index in [4.69, 9.17) is 0 Å². The molecule has 0 saturated carbocycles. The van der Waals surface area contributed by atoms with Crippen LogP contribution in [0.5, 0.6) is 0 Å². The SMILES string of the molecule is Cc1cc2nc(NCc3ccc4c(c3)CN(C3CCC(=O)NC3=O)C4=O)[nH]c2cc1C. The molecule has 3 aromatic rings. The molecule has 5 rings (SSSR count). The van der Waals surface area contributed by atoms with Gasteiger partial charge in [-0.15, -0.1) is 0 Å². The number of carbonyl (C=O) groups is 3. The van der Waals surface area contributed by atoms with E-state index in [1.165, 1.54) is 11.1 Å². The molecule has 0 aliphatic carbocycles. The molecule has 8 heteroatoms. The maximum atomic E-state index is 12.8. The van der Waals surface area contributed by atoms with Crippen LogP contribution in [0.2, 0.25) is 0 Å². The fraction of sp³-hybridized carbons (Fsp3) is 0.304. The molecule has 158 valence electrons. The molecule has 1 unspecified atom stereocenters. The summed E-state index contributed by atoms with van der Waals surface area (Å²) in [5, 5.41) is 5.64. The van der Waals surface area contributed by atoms with E-state index < -0.39 is 11.9 Å². The molecule has 3 amide bonds. The Bertz CT molecular complexity index is 1210. The fourth-order valence-electron chi connectivity index (χ4n) is 4.28. The number of benzene rings is 2. The van der Waals surface area contributed by atoms with E-state index >= 15 is 0 Å². The molecule has 1 fully saturated rings. The number of hydrogen-bond acceptors (Lipinski definition) is 5. The van der Waals surface area contributed by atoms with Gasteiger partial charge in [0.1, 0.15) is 6.04 Å². The molecular weight excluding hydrogens is 394 g/mol. The lowest BCUT2D eigenvalue weighted by Gasteiger charge is -2.29. The molecule has 31 heavy (non-hydrogen) atoms. The molecule has 2 aromatic carbocycles. The third-order valence-corrected chi connectivity index (χ3v) is 6.15. The predicted octanol–water partition coefficient (Wildman–Crippen LogP) is 2.55. The molecule has 3 N–H and O–H groups in total. The molecule has 1 atom stereocenters. The number of amides is 3. The first kappa shape index (κ1) is 19.3. The second-order valence-electron chi connectivity index (χ2n) is 8.28. The van der Waals surface area contributed by atoms with E-state index in [9.17, 15) is 14.4 Å². The summed E-state index contributed by atoms with van der Waals surface area (Å²) in [5.41, 5.74) is 6.86. The lowest BCUT2D eigenvalue weighted by molar-refractivity contribution is -0.136. The topological polar surface area (TPSA) is 107 Å². The Morgan fingerprint density at radius 3 is 2.74 bits per heavy atom. The number of nitrogens with zero attached hydrogens (tertiary/aromatic N) is 2. The highest BCUT2D eigenvalue weighted by Gasteiger charge is 2.39. The van der Waals surface area contributed by atoms with Gasteiger partial charge < -0.3 is 15.2 Å². The van der Waals surface area contributed by atoms with Gasteiger partial charge >= 0.3 is 0 Å². The van der Waals surface area contributed by atoms with Gasteiger partial charge in [0.05, 0.1) is 11.0 Å². The Balaban J connectivity index is 1.30. The van der Waals surface area contributed by atoms with Gasteiger partial charge in [-0.2, -0.15) is 0 Å². The summed E-state index contributed by atoms with van der Waals surface area (Å²) in [6.45, 7) is 5.07. The van der Waals surface area contributed by atoms with Crippen LogP contribution in [0.1, 0.15) is 45.5 Å². The van der Waals surface area contributed by atoms with Gasteiger partial charge in [0.2, 0.25) is 17.8 Å². The normalized spacial score (nSPS) is 18.5. The largest absolute Gasteiger partial charge is 0.352 e. The van der Waals surface area contributed by atoms with Crippen molar-refractivity contribution in [3.8, 4) is 0 Å². The van der Waals surface area contributed by atoms with Gasteiger partial charge in [-0.1, -0.05) is 12.1 Å². The second-order valence-corrected chi connectivity index (χ2v) is 8.28. The first-order valence-electron chi connectivity index (χ1n) is 10.4. The summed E-state index contributed by atoms with van der Waals surface area (Å²) in [6.07, 6.45) is 0.617. The maximum absolute atomic E-state index is 12.8. The predicted molar refractivity (Wildman–Crippen MR) is 115 cm³/mol. The zero-order valence-corrected chi connectivity index (χ0v) is 17.4. The number of fused-ring (bicyclic) bond motifs is 2. The molecule has 0 radical (unpaired) electrons. The van der Waals surface area contributed by atoms with Crippen LogP contribution in [0.4, 0.5) is 5.95 Å². The van der Waals surface area contributed by atoms with Crippen molar-refractivity contribution in [1.82, 2.24) is 20.2 Å². The molecule has 2 aliphatic heterocycles. The van der Waals surface area contributed by atoms with Crippen molar-refractivity contribution in [2.75, 3.05) is 5.32 Å². The number of aromatic amines is 1. The molecule has 2 aliphatic rings. The number of aryl methyl sites for hydroxylation is 2. The molecule has 8 nitrogen and oxygen atoms in total. The molecule has 3 heterocycles. The quantitative estimate of drug-likeness (QED) is 0.566. The summed E-state index contributed by atoms with van der Waals surface area (Å²) in [5.74, 6) is -0.141. The van der Waals surface area contributed by atoms with Crippen LogP contribution >= 0.6 is 0 Å². The van der Waals surface area contributed by atoms with Gasteiger partial charge in [0.15, 0.2) is 0 Å². The lowest BCUT2D eigenvalue weighted by Crippen LogP contribution is -2.52. The van der Waals surface area contributed by atoms with Crippen LogP contribution in [0.25, 0.3) is 11.0 Å². The highest BCUT2D eigenvalue weighted by molar-refractivity contribution is 6.05. The monoisotopic (exact) mass is 417 g/mol. The van der Waals surface area contributed by atoms with Gasteiger partial charge in [-0.05, 0) is 60.7 Å². The standard InChI is InChI=1S/C23H23N5O3/c1-12-7-17-18(8-13(12)2)26-23(25-17)24-10-14-3-4-16-15(9-14)11-28(22(16)31)19-5-6-20(29)27-21(19)30/h3-4,7-9,19H,5-6,10-11H2,1-2H3,(H2,24,25,26)(H,27,29,30). The molecule has 0 spiro atoms. The number of nitrogens with one attached hydrogen (secondary N) is 3. The molecule has 0 bridgehead atoms. The molecular formula is C23H23N5O3. The van der Waals surface area contributed by atoms with Crippen molar-refractivity contribution in [3.05, 3.63) is 58.1 Å². The Kier molecular flexibility index (Phi) is 4.50. The highest BCUT2D eigenvalue weighted by Crippen LogP contribution is 2.28. The fourth-order valence-corrected chi connectivity index (χ4v) is 4.28. The number of anilines is 1. The highest BCUT2D eigenvalue weighted by atomic mass is 16.2. The average molecular weight is 417 g/mol. The van der Waals surface area contributed by atoms with Crippen LogP contribution in [0.15, 0.2) is 30.3 Å². The maximum Gasteiger partial charge on any atom is 0.255 e. The minimum Gasteiger partial charge on any atom is -0.352 e. The van der Waals surface area contributed by atoms with E-state index in [0.717, 1.165) is 22.2 Å². The number of piperidine rings is 1. The zero-order valence-electron chi connectivity index (χ0n) is 17.4. The van der Waals surface area contributed by atoms with Crippen molar-refractivity contribution >= 4 is 34.7 Å². The summed E-state index contributed by atoms with van der Waals surface area (Å²) < 4.78 is 0. The number of rotatable bonds is 4. The average Bonchev–Trinajstić information content (AvgIpc) is 3.27. The summed E-state index contributed by atoms with van der Waals surface area (Å²) in [7, 11) is 0. The number of H-pyrrole nitrogens is 1. The van der Waals surface area contributed by atoms with Crippen LogP contribution in [0.3, 0.4) is 0 Å². The smallest absolute Gasteiger partial charge is 0.255 e. The Morgan fingerprint density at radius 1 is 1.13 bits per heavy atom. The zero-order chi connectivity index (χ0) is 21.7. The molecule has 1 aromatic heterocycles. The summed E-state index contributed by atoms with van der Waals surface area (Å²) >= 11 is 0. The van der Waals surface area contributed by atoms with Crippen LogP contribution < -0.4 is 10.6 Å². The summed E-state index contributed by atoms with van der Waals surface area (Å²) in [4.78, 5) is 45.8. The van der Waals surface area contributed by atoms with Crippen LogP contribution in [-0.2, 0) is 22.7 Å². The first-order chi connectivity index (χ1) is 14.9. The number of carbonyl (C=O) groups excluding carboxylic acids is 3. The first-order valence-corrected chi connectivity index (χ1v) is 10.4. The third-order valence-electron chi connectivity index (χ3n) is 6.15. The van der Waals surface area contributed by atoms with Crippen molar-refractivity contribution in [3.63, 3.8) is 0 Å². The van der Waals surface area contributed by atoms with Crippen LogP contribution in [-0.4, -0.2) is 38.6 Å². The van der Waals surface area contributed by atoms with Gasteiger partial charge in [0, 0.05) is 25.1 Å². The van der Waals surface area contributed by atoms with E-state index in [-0.39, 0.29) is 18.2 Å².